The molecular formula is C13H13BrN2S. The van der Waals surface area contributed by atoms with Crippen molar-refractivity contribution >= 4 is 32.4 Å². The average molecular weight is 309 g/mol. The van der Waals surface area contributed by atoms with Crippen molar-refractivity contribution in [1.82, 2.24) is 4.98 Å². The molecule has 2 aromatic rings. The first kappa shape index (κ1) is 11.2. The van der Waals surface area contributed by atoms with E-state index in [0.29, 0.717) is 0 Å². The van der Waals surface area contributed by atoms with E-state index in [4.69, 9.17) is 4.98 Å². The fourth-order valence-electron chi connectivity index (χ4n) is 2.10. The van der Waals surface area contributed by atoms with E-state index in [1.54, 1.807) is 11.3 Å². The Morgan fingerprint density at radius 2 is 2.06 bits per heavy atom. The first-order valence-corrected chi connectivity index (χ1v) is 7.46. The molecule has 0 radical (unpaired) electrons. The molecule has 1 aromatic carbocycles. The number of hydrogen-bond donors (Lipinski definition) is 0. The topological polar surface area (TPSA) is 16.1 Å². The SMILES string of the molecule is Brc1cccc(-c2csc(N3CCCC3)n2)c1. The summed E-state index contributed by atoms with van der Waals surface area (Å²) in [5.74, 6) is 0. The maximum absolute atomic E-state index is 4.73. The van der Waals surface area contributed by atoms with Gasteiger partial charge in [0.25, 0.3) is 0 Å². The van der Waals surface area contributed by atoms with E-state index >= 15 is 0 Å². The van der Waals surface area contributed by atoms with Crippen molar-refractivity contribution in [1.29, 1.82) is 0 Å². The molecule has 0 aliphatic carbocycles. The molecule has 1 aromatic heterocycles. The lowest BCUT2D eigenvalue weighted by Crippen LogP contribution is -2.17. The summed E-state index contributed by atoms with van der Waals surface area (Å²) in [6.45, 7) is 2.32. The van der Waals surface area contributed by atoms with Gasteiger partial charge in [0.2, 0.25) is 0 Å². The summed E-state index contributed by atoms with van der Waals surface area (Å²) < 4.78 is 1.10. The molecule has 0 unspecified atom stereocenters. The number of hydrogen-bond acceptors (Lipinski definition) is 3. The van der Waals surface area contributed by atoms with Gasteiger partial charge in [0, 0.05) is 28.5 Å². The zero-order chi connectivity index (χ0) is 11.7. The van der Waals surface area contributed by atoms with E-state index in [0.717, 1.165) is 28.4 Å². The van der Waals surface area contributed by atoms with Crippen LogP contribution in [0, 0.1) is 0 Å². The molecule has 17 heavy (non-hydrogen) atoms. The predicted molar refractivity (Wildman–Crippen MR) is 76.7 cm³/mol. The van der Waals surface area contributed by atoms with E-state index in [2.05, 4.69) is 38.3 Å². The summed E-state index contributed by atoms with van der Waals surface area (Å²) in [6, 6.07) is 8.31. The van der Waals surface area contributed by atoms with Gasteiger partial charge in [-0.05, 0) is 25.0 Å². The van der Waals surface area contributed by atoms with Gasteiger partial charge in [-0.25, -0.2) is 4.98 Å². The van der Waals surface area contributed by atoms with Gasteiger partial charge in [-0.2, -0.15) is 0 Å². The Morgan fingerprint density at radius 1 is 1.24 bits per heavy atom. The highest BCUT2D eigenvalue weighted by molar-refractivity contribution is 9.10. The van der Waals surface area contributed by atoms with Crippen LogP contribution in [0.1, 0.15) is 12.8 Å². The van der Waals surface area contributed by atoms with E-state index < -0.39 is 0 Å². The fraction of sp³-hybridized carbons (Fsp3) is 0.308. The lowest BCUT2D eigenvalue weighted by atomic mass is 10.2. The van der Waals surface area contributed by atoms with E-state index in [9.17, 15) is 0 Å². The first-order chi connectivity index (χ1) is 8.33. The monoisotopic (exact) mass is 308 g/mol. The molecule has 0 bridgehead atoms. The molecule has 3 rings (SSSR count). The quantitative estimate of drug-likeness (QED) is 0.827. The summed E-state index contributed by atoms with van der Waals surface area (Å²) in [6.07, 6.45) is 2.59. The summed E-state index contributed by atoms with van der Waals surface area (Å²) in [4.78, 5) is 7.11. The molecule has 0 amide bonds. The molecule has 1 fully saturated rings. The Bertz CT molecular complexity index is 518. The molecule has 0 saturated carbocycles. The lowest BCUT2D eigenvalue weighted by molar-refractivity contribution is 0.949. The summed E-state index contributed by atoms with van der Waals surface area (Å²) in [7, 11) is 0. The van der Waals surface area contributed by atoms with E-state index in [1.165, 1.54) is 18.4 Å². The molecule has 1 saturated heterocycles. The molecule has 2 nitrogen and oxygen atoms in total. The normalized spacial score (nSPS) is 15.5. The van der Waals surface area contributed by atoms with Crippen LogP contribution >= 0.6 is 27.3 Å². The van der Waals surface area contributed by atoms with Gasteiger partial charge in [-0.3, -0.25) is 0 Å². The second-order valence-electron chi connectivity index (χ2n) is 4.22. The molecule has 0 spiro atoms. The fourth-order valence-corrected chi connectivity index (χ4v) is 3.39. The number of benzene rings is 1. The van der Waals surface area contributed by atoms with Gasteiger partial charge in [-0.15, -0.1) is 11.3 Å². The van der Waals surface area contributed by atoms with Crippen LogP contribution < -0.4 is 4.90 Å². The van der Waals surface area contributed by atoms with Gasteiger partial charge < -0.3 is 4.90 Å². The Labute approximate surface area is 113 Å². The average Bonchev–Trinajstić information content (AvgIpc) is 3.00. The van der Waals surface area contributed by atoms with Gasteiger partial charge in [0.15, 0.2) is 5.13 Å². The molecule has 0 atom stereocenters. The zero-order valence-corrected chi connectivity index (χ0v) is 11.8. The zero-order valence-electron chi connectivity index (χ0n) is 9.40. The molecular weight excluding hydrogens is 296 g/mol. The lowest BCUT2D eigenvalue weighted by Gasteiger charge is -2.12. The van der Waals surface area contributed by atoms with Gasteiger partial charge >= 0.3 is 0 Å². The van der Waals surface area contributed by atoms with Crippen LogP contribution in [0.25, 0.3) is 11.3 Å². The van der Waals surface area contributed by atoms with Crippen molar-refractivity contribution in [2.24, 2.45) is 0 Å². The first-order valence-electron chi connectivity index (χ1n) is 5.79. The van der Waals surface area contributed by atoms with Crippen molar-refractivity contribution in [3.05, 3.63) is 34.1 Å². The Morgan fingerprint density at radius 3 is 2.82 bits per heavy atom. The number of aromatic nitrogens is 1. The second kappa shape index (κ2) is 4.78. The highest BCUT2D eigenvalue weighted by Gasteiger charge is 2.15. The van der Waals surface area contributed by atoms with Crippen LogP contribution in [0.4, 0.5) is 5.13 Å². The Hall–Kier alpha value is -0.870. The minimum absolute atomic E-state index is 1.08. The van der Waals surface area contributed by atoms with Gasteiger partial charge in [-0.1, -0.05) is 28.1 Å². The number of thiazole rings is 1. The number of nitrogens with zero attached hydrogens (tertiary/aromatic N) is 2. The van der Waals surface area contributed by atoms with Gasteiger partial charge in [0.1, 0.15) is 0 Å². The molecule has 1 aliphatic rings. The van der Waals surface area contributed by atoms with Crippen molar-refractivity contribution < 1.29 is 0 Å². The number of halogens is 1. The largest absolute Gasteiger partial charge is 0.348 e. The Balaban J connectivity index is 1.89. The van der Waals surface area contributed by atoms with Crippen LogP contribution in [0.2, 0.25) is 0 Å². The smallest absolute Gasteiger partial charge is 0.185 e. The van der Waals surface area contributed by atoms with Crippen LogP contribution in [0.5, 0.6) is 0 Å². The van der Waals surface area contributed by atoms with Gasteiger partial charge in [0.05, 0.1) is 5.69 Å². The molecule has 2 heterocycles. The van der Waals surface area contributed by atoms with Crippen LogP contribution in [-0.2, 0) is 0 Å². The van der Waals surface area contributed by atoms with E-state index in [1.807, 2.05) is 12.1 Å². The molecule has 1 aliphatic heterocycles. The summed E-state index contributed by atoms with van der Waals surface area (Å²) in [5.41, 5.74) is 2.26. The molecule has 88 valence electrons. The molecule has 0 N–H and O–H groups in total. The van der Waals surface area contributed by atoms with Crippen LogP contribution in [-0.4, -0.2) is 18.1 Å². The third kappa shape index (κ3) is 2.38. The van der Waals surface area contributed by atoms with E-state index in [-0.39, 0.29) is 0 Å². The minimum Gasteiger partial charge on any atom is -0.348 e. The van der Waals surface area contributed by atoms with Crippen molar-refractivity contribution in [3.8, 4) is 11.3 Å². The Kier molecular flexibility index (Phi) is 3.16. The maximum atomic E-state index is 4.73. The standard InChI is InChI=1S/C13H13BrN2S/c14-11-5-3-4-10(8-11)12-9-17-13(15-12)16-6-1-2-7-16/h3-5,8-9H,1-2,6-7H2. The summed E-state index contributed by atoms with van der Waals surface area (Å²) >= 11 is 5.24. The predicted octanol–water partition coefficient (Wildman–Crippen LogP) is 4.17. The van der Waals surface area contributed by atoms with Crippen LogP contribution in [0.3, 0.4) is 0 Å². The number of anilines is 1. The van der Waals surface area contributed by atoms with Crippen molar-refractivity contribution in [2.45, 2.75) is 12.8 Å². The highest BCUT2D eigenvalue weighted by Crippen LogP contribution is 2.30. The second-order valence-corrected chi connectivity index (χ2v) is 5.97. The summed E-state index contributed by atoms with van der Waals surface area (Å²) in [5, 5.41) is 3.31. The minimum atomic E-state index is 1.08. The maximum Gasteiger partial charge on any atom is 0.185 e. The van der Waals surface area contributed by atoms with Crippen molar-refractivity contribution in [2.75, 3.05) is 18.0 Å². The van der Waals surface area contributed by atoms with Crippen molar-refractivity contribution in [3.63, 3.8) is 0 Å². The third-order valence-electron chi connectivity index (χ3n) is 2.99. The third-order valence-corrected chi connectivity index (χ3v) is 4.38. The number of rotatable bonds is 2. The molecule has 4 heteroatoms. The van der Waals surface area contributed by atoms with Crippen LogP contribution in [0.15, 0.2) is 34.1 Å². The highest BCUT2D eigenvalue weighted by atomic mass is 79.9.